The summed E-state index contributed by atoms with van der Waals surface area (Å²) in [7, 11) is 0. The second-order valence-corrected chi connectivity index (χ2v) is 5.03. The van der Waals surface area contributed by atoms with Crippen LogP contribution in [0.2, 0.25) is 0 Å². The van der Waals surface area contributed by atoms with Crippen molar-refractivity contribution >= 4 is 12.0 Å². The lowest BCUT2D eigenvalue weighted by Gasteiger charge is -2.26. The number of hydrogen-bond acceptors (Lipinski definition) is 3. The first-order chi connectivity index (χ1) is 8.86. The number of nitrogens with one attached hydrogen (secondary N) is 1. The van der Waals surface area contributed by atoms with Crippen LogP contribution in [0.5, 0.6) is 0 Å². The summed E-state index contributed by atoms with van der Waals surface area (Å²) in [4.78, 5) is 24.1. The molecule has 0 radical (unpaired) electrons. The minimum atomic E-state index is -0.871. The summed E-state index contributed by atoms with van der Waals surface area (Å²) in [6, 6.07) is 1.59. The van der Waals surface area contributed by atoms with Gasteiger partial charge in [0, 0.05) is 25.6 Å². The number of hydrogen-bond donors (Lipinski definition) is 2. The van der Waals surface area contributed by atoms with Crippen molar-refractivity contribution in [2.24, 2.45) is 5.92 Å². The number of carboxylic acid groups (broad SMARTS) is 1. The Hall–Kier alpha value is -1.77. The first-order valence-electron chi connectivity index (χ1n) is 6.51. The van der Waals surface area contributed by atoms with Crippen LogP contribution in [0.1, 0.15) is 40.0 Å². The summed E-state index contributed by atoms with van der Waals surface area (Å²) in [6.07, 6.45) is 0.725. The predicted molar refractivity (Wildman–Crippen MR) is 71.5 cm³/mol. The summed E-state index contributed by atoms with van der Waals surface area (Å²) in [6.45, 7) is 6.75. The summed E-state index contributed by atoms with van der Waals surface area (Å²) in [5.74, 6) is -0.552. The summed E-state index contributed by atoms with van der Waals surface area (Å²) in [5, 5.41) is 19.9. The smallest absolute Gasteiger partial charge is 0.317 e. The van der Waals surface area contributed by atoms with E-state index in [-0.39, 0.29) is 18.5 Å². The zero-order chi connectivity index (χ0) is 14.8. The third-order valence-electron chi connectivity index (χ3n) is 2.53. The van der Waals surface area contributed by atoms with Gasteiger partial charge in [-0.1, -0.05) is 13.8 Å². The van der Waals surface area contributed by atoms with E-state index in [1.165, 1.54) is 0 Å². The Bertz CT molecular complexity index is 337. The number of nitriles is 1. The first-order valence-corrected chi connectivity index (χ1v) is 6.51. The van der Waals surface area contributed by atoms with Gasteiger partial charge in [0.25, 0.3) is 0 Å². The molecule has 0 saturated heterocycles. The van der Waals surface area contributed by atoms with Crippen LogP contribution in [0.25, 0.3) is 0 Å². The molecule has 0 aromatic carbocycles. The molecule has 1 unspecified atom stereocenters. The molecule has 0 saturated carbocycles. The van der Waals surface area contributed by atoms with E-state index in [2.05, 4.69) is 5.32 Å². The van der Waals surface area contributed by atoms with Gasteiger partial charge in [0.1, 0.15) is 0 Å². The fraction of sp³-hybridized carbons (Fsp3) is 0.769. The number of carbonyl (C=O) groups excluding carboxylic acids is 1. The van der Waals surface area contributed by atoms with Crippen LogP contribution in [-0.2, 0) is 4.79 Å². The second kappa shape index (κ2) is 9.20. The average Bonchev–Trinajstić information content (AvgIpc) is 2.31. The van der Waals surface area contributed by atoms with Crippen LogP contribution < -0.4 is 5.32 Å². The Morgan fingerprint density at radius 2 is 2.00 bits per heavy atom. The zero-order valence-corrected chi connectivity index (χ0v) is 11.8. The number of amides is 2. The fourth-order valence-electron chi connectivity index (χ4n) is 1.62. The highest BCUT2D eigenvalue weighted by Crippen LogP contribution is 2.03. The quantitative estimate of drug-likeness (QED) is 0.702. The van der Waals surface area contributed by atoms with Crippen LogP contribution in [0.15, 0.2) is 0 Å². The molecule has 1 atom stereocenters. The van der Waals surface area contributed by atoms with Crippen LogP contribution in [0.3, 0.4) is 0 Å². The number of urea groups is 1. The molecule has 0 rings (SSSR count). The maximum Gasteiger partial charge on any atom is 0.317 e. The molecule has 2 N–H and O–H groups in total. The Morgan fingerprint density at radius 1 is 1.37 bits per heavy atom. The van der Waals surface area contributed by atoms with Gasteiger partial charge in [-0.2, -0.15) is 5.26 Å². The SMILES string of the molecule is CC(C)CN(CCC#N)C(=O)NC(C)CCC(=O)O. The normalized spacial score (nSPS) is 11.7. The lowest BCUT2D eigenvalue weighted by Crippen LogP contribution is -2.45. The van der Waals surface area contributed by atoms with Gasteiger partial charge in [-0.05, 0) is 19.3 Å². The molecule has 2 amide bonds. The van der Waals surface area contributed by atoms with E-state index in [4.69, 9.17) is 10.4 Å². The third kappa shape index (κ3) is 8.89. The predicted octanol–water partition coefficient (Wildman–Crippen LogP) is 1.82. The molecule has 0 aliphatic rings. The molecular weight excluding hydrogens is 246 g/mol. The van der Waals surface area contributed by atoms with Gasteiger partial charge in [0.15, 0.2) is 0 Å². The van der Waals surface area contributed by atoms with Gasteiger partial charge >= 0.3 is 12.0 Å². The minimum absolute atomic E-state index is 0.0316. The van der Waals surface area contributed by atoms with E-state index < -0.39 is 5.97 Å². The van der Waals surface area contributed by atoms with E-state index >= 15 is 0 Å². The van der Waals surface area contributed by atoms with Crippen molar-refractivity contribution in [1.29, 1.82) is 5.26 Å². The fourth-order valence-corrected chi connectivity index (χ4v) is 1.62. The van der Waals surface area contributed by atoms with Crippen molar-refractivity contribution in [3.05, 3.63) is 0 Å². The molecular formula is C13H23N3O3. The van der Waals surface area contributed by atoms with E-state index in [9.17, 15) is 9.59 Å². The maximum atomic E-state index is 12.0. The molecule has 108 valence electrons. The Balaban J connectivity index is 4.29. The van der Waals surface area contributed by atoms with Gasteiger partial charge in [0.2, 0.25) is 0 Å². The average molecular weight is 269 g/mol. The summed E-state index contributed by atoms with van der Waals surface area (Å²) >= 11 is 0. The van der Waals surface area contributed by atoms with Crippen molar-refractivity contribution in [2.75, 3.05) is 13.1 Å². The maximum absolute atomic E-state index is 12.0. The number of carboxylic acids is 1. The number of carbonyl (C=O) groups is 2. The molecule has 0 fully saturated rings. The summed E-state index contributed by atoms with van der Waals surface area (Å²) in [5.41, 5.74) is 0. The largest absolute Gasteiger partial charge is 0.481 e. The van der Waals surface area contributed by atoms with Crippen LogP contribution >= 0.6 is 0 Å². The minimum Gasteiger partial charge on any atom is -0.481 e. The van der Waals surface area contributed by atoms with Crippen LogP contribution in [-0.4, -0.2) is 41.1 Å². The van der Waals surface area contributed by atoms with E-state index in [1.807, 2.05) is 19.9 Å². The lowest BCUT2D eigenvalue weighted by atomic mass is 10.2. The van der Waals surface area contributed by atoms with Crippen molar-refractivity contribution < 1.29 is 14.7 Å². The van der Waals surface area contributed by atoms with Crippen molar-refractivity contribution in [2.45, 2.75) is 46.1 Å². The third-order valence-corrected chi connectivity index (χ3v) is 2.53. The molecule has 0 spiro atoms. The van der Waals surface area contributed by atoms with E-state index in [0.29, 0.717) is 31.8 Å². The molecule has 0 bridgehead atoms. The van der Waals surface area contributed by atoms with Gasteiger partial charge in [0.05, 0.1) is 12.5 Å². The molecule has 0 aliphatic carbocycles. The van der Waals surface area contributed by atoms with Crippen molar-refractivity contribution in [3.8, 4) is 6.07 Å². The van der Waals surface area contributed by atoms with E-state index in [0.717, 1.165) is 0 Å². The monoisotopic (exact) mass is 269 g/mol. The van der Waals surface area contributed by atoms with Crippen molar-refractivity contribution in [3.63, 3.8) is 0 Å². The number of rotatable bonds is 8. The highest BCUT2D eigenvalue weighted by Gasteiger charge is 2.16. The standard InChI is InChI=1S/C13H23N3O3/c1-10(2)9-16(8-4-7-14)13(19)15-11(3)5-6-12(17)18/h10-11H,4-6,8-9H2,1-3H3,(H,15,19)(H,17,18). The van der Waals surface area contributed by atoms with Crippen molar-refractivity contribution in [1.82, 2.24) is 10.2 Å². The molecule has 0 aromatic rings. The Labute approximate surface area is 114 Å². The highest BCUT2D eigenvalue weighted by molar-refractivity contribution is 5.74. The molecule has 0 aromatic heterocycles. The van der Waals surface area contributed by atoms with Gasteiger partial charge in [-0.3, -0.25) is 4.79 Å². The molecule has 0 heterocycles. The number of aliphatic carboxylic acids is 1. The highest BCUT2D eigenvalue weighted by atomic mass is 16.4. The van der Waals surface area contributed by atoms with Gasteiger partial charge in [-0.25, -0.2) is 4.79 Å². The Morgan fingerprint density at radius 3 is 2.47 bits per heavy atom. The second-order valence-electron chi connectivity index (χ2n) is 5.03. The van der Waals surface area contributed by atoms with Gasteiger partial charge in [-0.15, -0.1) is 0 Å². The van der Waals surface area contributed by atoms with E-state index in [1.54, 1.807) is 11.8 Å². The summed E-state index contributed by atoms with van der Waals surface area (Å²) < 4.78 is 0. The van der Waals surface area contributed by atoms with Gasteiger partial charge < -0.3 is 15.3 Å². The lowest BCUT2D eigenvalue weighted by molar-refractivity contribution is -0.137. The zero-order valence-electron chi connectivity index (χ0n) is 11.8. The van der Waals surface area contributed by atoms with Crippen LogP contribution in [0.4, 0.5) is 4.79 Å². The molecule has 0 aliphatic heterocycles. The molecule has 19 heavy (non-hydrogen) atoms. The molecule has 6 heteroatoms. The number of nitrogens with zero attached hydrogens (tertiary/aromatic N) is 2. The molecule has 6 nitrogen and oxygen atoms in total. The van der Waals surface area contributed by atoms with Crippen LogP contribution in [0, 0.1) is 17.2 Å². The Kier molecular flexibility index (Phi) is 8.34. The topological polar surface area (TPSA) is 93.4 Å². The first kappa shape index (κ1) is 17.2.